The zero-order valence-corrected chi connectivity index (χ0v) is 11.2. The Labute approximate surface area is 117 Å². The van der Waals surface area contributed by atoms with E-state index < -0.39 is 11.8 Å². The summed E-state index contributed by atoms with van der Waals surface area (Å²) >= 11 is 0. The highest BCUT2D eigenvalue weighted by molar-refractivity contribution is 6.39. The van der Waals surface area contributed by atoms with Crippen LogP contribution in [0.3, 0.4) is 0 Å². The number of hydrogen-bond donors (Lipinski definition) is 2. The van der Waals surface area contributed by atoms with E-state index in [2.05, 4.69) is 10.6 Å². The van der Waals surface area contributed by atoms with Gasteiger partial charge in [-0.15, -0.1) is 0 Å². The molecule has 0 bridgehead atoms. The van der Waals surface area contributed by atoms with Crippen LogP contribution in [0, 0.1) is 6.92 Å². The third-order valence-electron chi connectivity index (χ3n) is 2.90. The highest BCUT2D eigenvalue weighted by Crippen LogP contribution is 2.12. The van der Waals surface area contributed by atoms with Crippen molar-refractivity contribution in [3.05, 3.63) is 65.7 Å². The Hall–Kier alpha value is -2.62. The summed E-state index contributed by atoms with van der Waals surface area (Å²) in [5, 5.41) is 5.18. The zero-order chi connectivity index (χ0) is 14.4. The molecular weight excluding hydrogens is 252 g/mol. The van der Waals surface area contributed by atoms with Crippen LogP contribution in [-0.2, 0) is 16.1 Å². The fraction of sp³-hybridized carbons (Fsp3) is 0.125. The standard InChI is InChI=1S/C16H16N2O2/c1-12-7-5-6-10-14(12)18-16(20)15(19)17-11-13-8-3-2-4-9-13/h2-10H,11H2,1H3,(H,17,19)(H,18,20). The van der Waals surface area contributed by atoms with E-state index >= 15 is 0 Å². The fourth-order valence-corrected chi connectivity index (χ4v) is 1.75. The summed E-state index contributed by atoms with van der Waals surface area (Å²) in [5.74, 6) is -1.30. The first-order chi connectivity index (χ1) is 9.66. The molecule has 0 heterocycles. The van der Waals surface area contributed by atoms with E-state index in [1.54, 1.807) is 6.07 Å². The average molecular weight is 268 g/mol. The Balaban J connectivity index is 1.90. The maximum absolute atomic E-state index is 11.8. The Kier molecular flexibility index (Phi) is 4.50. The zero-order valence-electron chi connectivity index (χ0n) is 11.2. The molecule has 2 amide bonds. The quantitative estimate of drug-likeness (QED) is 0.839. The highest BCUT2D eigenvalue weighted by Gasteiger charge is 2.13. The molecule has 0 atom stereocenters. The first-order valence-corrected chi connectivity index (χ1v) is 6.35. The van der Waals surface area contributed by atoms with Crippen molar-refractivity contribution in [3.8, 4) is 0 Å². The average Bonchev–Trinajstić information content (AvgIpc) is 2.48. The van der Waals surface area contributed by atoms with Crippen LogP contribution in [0.1, 0.15) is 11.1 Å². The van der Waals surface area contributed by atoms with Crippen LogP contribution in [0.2, 0.25) is 0 Å². The van der Waals surface area contributed by atoms with E-state index in [1.807, 2.05) is 55.5 Å². The Morgan fingerprint density at radius 2 is 1.55 bits per heavy atom. The van der Waals surface area contributed by atoms with Gasteiger partial charge in [-0.2, -0.15) is 0 Å². The lowest BCUT2D eigenvalue weighted by atomic mass is 10.2. The van der Waals surface area contributed by atoms with Crippen LogP contribution in [0.25, 0.3) is 0 Å². The minimum Gasteiger partial charge on any atom is -0.344 e. The summed E-state index contributed by atoms with van der Waals surface area (Å²) in [5.41, 5.74) is 2.51. The van der Waals surface area contributed by atoms with Gasteiger partial charge in [0.25, 0.3) is 0 Å². The van der Waals surface area contributed by atoms with Gasteiger partial charge in [0.05, 0.1) is 0 Å². The Morgan fingerprint density at radius 1 is 0.900 bits per heavy atom. The highest BCUT2D eigenvalue weighted by atomic mass is 16.2. The second kappa shape index (κ2) is 6.52. The molecule has 0 aliphatic heterocycles. The molecule has 0 spiro atoms. The van der Waals surface area contributed by atoms with E-state index in [1.165, 1.54) is 0 Å². The molecule has 2 N–H and O–H groups in total. The van der Waals surface area contributed by atoms with E-state index in [9.17, 15) is 9.59 Å². The van der Waals surface area contributed by atoms with Crippen molar-refractivity contribution in [2.75, 3.05) is 5.32 Å². The van der Waals surface area contributed by atoms with Gasteiger partial charge in [0.15, 0.2) is 0 Å². The van der Waals surface area contributed by atoms with E-state index in [0.717, 1.165) is 11.1 Å². The molecule has 4 heteroatoms. The molecule has 20 heavy (non-hydrogen) atoms. The molecule has 0 unspecified atom stereocenters. The molecule has 2 aromatic carbocycles. The first-order valence-electron chi connectivity index (χ1n) is 6.35. The van der Waals surface area contributed by atoms with E-state index in [-0.39, 0.29) is 0 Å². The molecule has 0 saturated carbocycles. The molecule has 102 valence electrons. The molecule has 2 rings (SSSR count). The van der Waals surface area contributed by atoms with Crippen molar-refractivity contribution >= 4 is 17.5 Å². The van der Waals surface area contributed by atoms with Gasteiger partial charge in [-0.25, -0.2) is 0 Å². The van der Waals surface area contributed by atoms with Crippen LogP contribution >= 0.6 is 0 Å². The van der Waals surface area contributed by atoms with Crippen molar-refractivity contribution in [2.24, 2.45) is 0 Å². The van der Waals surface area contributed by atoms with Gasteiger partial charge < -0.3 is 10.6 Å². The monoisotopic (exact) mass is 268 g/mol. The number of anilines is 1. The van der Waals surface area contributed by atoms with Gasteiger partial charge in [0, 0.05) is 12.2 Å². The smallest absolute Gasteiger partial charge is 0.313 e. The summed E-state index contributed by atoms with van der Waals surface area (Å²) in [6.07, 6.45) is 0. The van der Waals surface area contributed by atoms with Gasteiger partial charge in [-0.3, -0.25) is 9.59 Å². The lowest BCUT2D eigenvalue weighted by Gasteiger charge is -2.08. The second-order valence-corrected chi connectivity index (χ2v) is 4.44. The number of aryl methyl sites for hydroxylation is 1. The molecule has 0 aliphatic rings. The molecule has 0 saturated heterocycles. The van der Waals surface area contributed by atoms with Gasteiger partial charge in [-0.1, -0.05) is 48.5 Å². The molecule has 0 fully saturated rings. The molecule has 4 nitrogen and oxygen atoms in total. The second-order valence-electron chi connectivity index (χ2n) is 4.44. The van der Waals surface area contributed by atoms with Gasteiger partial charge >= 0.3 is 11.8 Å². The minimum atomic E-state index is -0.657. The van der Waals surface area contributed by atoms with E-state index in [4.69, 9.17) is 0 Å². The first kappa shape index (κ1) is 13.8. The fourth-order valence-electron chi connectivity index (χ4n) is 1.75. The predicted molar refractivity (Wildman–Crippen MR) is 78.1 cm³/mol. The number of rotatable bonds is 3. The number of carbonyl (C=O) groups excluding carboxylic acids is 2. The number of nitrogens with one attached hydrogen (secondary N) is 2. The van der Waals surface area contributed by atoms with Crippen LogP contribution in [0.15, 0.2) is 54.6 Å². The van der Waals surface area contributed by atoms with Crippen molar-refractivity contribution < 1.29 is 9.59 Å². The molecule has 0 aliphatic carbocycles. The summed E-state index contributed by atoms with van der Waals surface area (Å²) < 4.78 is 0. The summed E-state index contributed by atoms with van der Waals surface area (Å²) in [7, 11) is 0. The number of carbonyl (C=O) groups is 2. The number of para-hydroxylation sites is 1. The van der Waals surface area contributed by atoms with Crippen molar-refractivity contribution in [1.82, 2.24) is 5.32 Å². The van der Waals surface area contributed by atoms with E-state index in [0.29, 0.717) is 12.2 Å². The minimum absolute atomic E-state index is 0.334. The third-order valence-corrected chi connectivity index (χ3v) is 2.90. The predicted octanol–water partition coefficient (Wildman–Crippen LogP) is 2.25. The number of benzene rings is 2. The molecular formula is C16H16N2O2. The van der Waals surface area contributed by atoms with Crippen LogP contribution in [0.5, 0.6) is 0 Å². The lowest BCUT2D eigenvalue weighted by Crippen LogP contribution is -2.35. The van der Waals surface area contributed by atoms with Gasteiger partial charge in [0.2, 0.25) is 0 Å². The van der Waals surface area contributed by atoms with Crippen molar-refractivity contribution in [2.45, 2.75) is 13.5 Å². The molecule has 0 aromatic heterocycles. The summed E-state index contributed by atoms with van der Waals surface area (Å²) in [4.78, 5) is 23.5. The van der Waals surface area contributed by atoms with Crippen LogP contribution in [-0.4, -0.2) is 11.8 Å². The largest absolute Gasteiger partial charge is 0.344 e. The van der Waals surface area contributed by atoms with Crippen LogP contribution in [0.4, 0.5) is 5.69 Å². The SMILES string of the molecule is Cc1ccccc1NC(=O)C(=O)NCc1ccccc1. The number of hydrogen-bond acceptors (Lipinski definition) is 2. The maximum atomic E-state index is 11.8. The van der Waals surface area contributed by atoms with Crippen molar-refractivity contribution in [1.29, 1.82) is 0 Å². The Bertz CT molecular complexity index is 609. The normalized spacial score (nSPS) is 9.85. The third kappa shape index (κ3) is 3.68. The number of amides is 2. The summed E-state index contributed by atoms with van der Waals surface area (Å²) in [6.45, 7) is 2.21. The molecule has 2 aromatic rings. The van der Waals surface area contributed by atoms with Crippen molar-refractivity contribution in [3.63, 3.8) is 0 Å². The topological polar surface area (TPSA) is 58.2 Å². The Morgan fingerprint density at radius 3 is 2.25 bits per heavy atom. The summed E-state index contributed by atoms with van der Waals surface area (Å²) in [6, 6.07) is 16.8. The van der Waals surface area contributed by atoms with Crippen LogP contribution < -0.4 is 10.6 Å². The van der Waals surface area contributed by atoms with Gasteiger partial charge in [-0.05, 0) is 24.1 Å². The molecule has 0 radical (unpaired) electrons. The maximum Gasteiger partial charge on any atom is 0.313 e. The van der Waals surface area contributed by atoms with Gasteiger partial charge in [0.1, 0.15) is 0 Å². The lowest BCUT2D eigenvalue weighted by molar-refractivity contribution is -0.136.